The Kier molecular flexibility index (Phi) is 6.28. The molecule has 0 saturated heterocycles. The summed E-state index contributed by atoms with van der Waals surface area (Å²) < 4.78 is 28.7. The number of urea groups is 1. The van der Waals surface area contributed by atoms with Gasteiger partial charge in [-0.05, 0) is 53.4 Å². The molecule has 2 aromatic heterocycles. The van der Waals surface area contributed by atoms with Gasteiger partial charge < -0.3 is 15.2 Å². The molecule has 1 unspecified atom stereocenters. The van der Waals surface area contributed by atoms with Crippen molar-refractivity contribution in [3.63, 3.8) is 0 Å². The number of nitrogens with one attached hydrogen (secondary N) is 2. The molecule has 0 aliphatic rings. The van der Waals surface area contributed by atoms with E-state index in [-0.39, 0.29) is 4.90 Å². The highest BCUT2D eigenvalue weighted by molar-refractivity contribution is 7.91. The van der Waals surface area contributed by atoms with E-state index >= 15 is 0 Å². The van der Waals surface area contributed by atoms with E-state index in [0.29, 0.717) is 17.9 Å². The molecule has 2 N–H and O–H groups in total. The molecule has 33 heavy (non-hydrogen) atoms. The van der Waals surface area contributed by atoms with Gasteiger partial charge in [0.25, 0.3) is 0 Å². The fourth-order valence-electron chi connectivity index (χ4n) is 3.72. The SMILES string of the molecule is C=CC(c1cc2ccccc2n1C)S(=O)(=O)c1ccc(NC(=O)NCc2cccnc2)cc1. The summed E-state index contributed by atoms with van der Waals surface area (Å²) in [6.45, 7) is 4.11. The number of hydrogen-bond donors (Lipinski definition) is 2. The van der Waals surface area contributed by atoms with Crippen LogP contribution in [0, 0.1) is 0 Å². The second-order valence-corrected chi connectivity index (χ2v) is 9.65. The maximum Gasteiger partial charge on any atom is 0.319 e. The van der Waals surface area contributed by atoms with Crippen molar-refractivity contribution in [3.8, 4) is 0 Å². The van der Waals surface area contributed by atoms with E-state index < -0.39 is 21.1 Å². The van der Waals surface area contributed by atoms with Crippen molar-refractivity contribution in [3.05, 3.63) is 103 Å². The Morgan fingerprint density at radius 2 is 1.88 bits per heavy atom. The zero-order chi connectivity index (χ0) is 23.4. The molecule has 0 aliphatic heterocycles. The lowest BCUT2D eigenvalue weighted by Crippen LogP contribution is -2.28. The van der Waals surface area contributed by atoms with Gasteiger partial charge in [-0.25, -0.2) is 13.2 Å². The summed E-state index contributed by atoms with van der Waals surface area (Å²) in [6.07, 6.45) is 4.78. The summed E-state index contributed by atoms with van der Waals surface area (Å²) in [5.74, 6) is 0. The monoisotopic (exact) mass is 460 g/mol. The Morgan fingerprint density at radius 3 is 2.55 bits per heavy atom. The number of carbonyl (C=O) groups is 1. The lowest BCUT2D eigenvalue weighted by atomic mass is 10.2. The number of para-hydroxylation sites is 1. The van der Waals surface area contributed by atoms with Crippen LogP contribution < -0.4 is 10.6 Å². The smallest absolute Gasteiger partial charge is 0.319 e. The zero-order valence-electron chi connectivity index (χ0n) is 18.1. The molecule has 2 amide bonds. The predicted octanol–water partition coefficient (Wildman–Crippen LogP) is 4.60. The first-order chi connectivity index (χ1) is 15.9. The number of carbonyl (C=O) groups excluding carboxylic acids is 1. The van der Waals surface area contributed by atoms with Crippen LogP contribution in [0.15, 0.2) is 96.7 Å². The standard InChI is InChI=1S/C25H24N4O3S/c1-3-24(23-15-19-8-4-5-9-22(19)29(23)2)33(31,32)21-12-10-20(11-13-21)28-25(30)27-17-18-7-6-14-26-16-18/h3-16,24H,1,17H2,2H3,(H2,27,28,30). The van der Waals surface area contributed by atoms with E-state index in [9.17, 15) is 13.2 Å². The molecule has 0 aliphatic carbocycles. The maximum atomic E-state index is 13.4. The molecule has 0 saturated carbocycles. The average Bonchev–Trinajstić information content (AvgIpc) is 3.15. The number of hydrogen-bond acceptors (Lipinski definition) is 4. The van der Waals surface area contributed by atoms with E-state index in [1.54, 1.807) is 30.6 Å². The molecule has 7 nitrogen and oxygen atoms in total. The Labute approximate surface area is 192 Å². The minimum Gasteiger partial charge on any atom is -0.346 e. The fraction of sp³-hybridized carbons (Fsp3) is 0.120. The van der Waals surface area contributed by atoms with Crippen molar-refractivity contribution in [2.45, 2.75) is 16.7 Å². The van der Waals surface area contributed by atoms with Gasteiger partial charge in [-0.1, -0.05) is 30.3 Å². The van der Waals surface area contributed by atoms with E-state index in [4.69, 9.17) is 0 Å². The Balaban J connectivity index is 1.50. The number of nitrogens with zero attached hydrogens (tertiary/aromatic N) is 2. The average molecular weight is 461 g/mol. The molecule has 0 bridgehead atoms. The molecule has 2 aromatic carbocycles. The topological polar surface area (TPSA) is 93.1 Å². The molecule has 1 atom stereocenters. The number of rotatable bonds is 7. The summed E-state index contributed by atoms with van der Waals surface area (Å²) in [7, 11) is -1.89. The molecular weight excluding hydrogens is 436 g/mol. The number of aryl methyl sites for hydroxylation is 1. The van der Waals surface area contributed by atoms with Gasteiger partial charge in [0.15, 0.2) is 9.84 Å². The van der Waals surface area contributed by atoms with Crippen LogP contribution in [-0.2, 0) is 23.4 Å². The number of sulfone groups is 1. The van der Waals surface area contributed by atoms with Crippen LogP contribution in [0.3, 0.4) is 0 Å². The molecule has 168 valence electrons. The van der Waals surface area contributed by atoms with Gasteiger partial charge >= 0.3 is 6.03 Å². The van der Waals surface area contributed by atoms with Crippen molar-refractivity contribution in [1.29, 1.82) is 0 Å². The maximum absolute atomic E-state index is 13.4. The minimum absolute atomic E-state index is 0.152. The van der Waals surface area contributed by atoms with Crippen molar-refractivity contribution in [1.82, 2.24) is 14.9 Å². The summed E-state index contributed by atoms with van der Waals surface area (Å²) in [5, 5.41) is 5.50. The van der Waals surface area contributed by atoms with E-state index in [0.717, 1.165) is 16.5 Å². The Bertz CT molecular complexity index is 1390. The number of amides is 2. The number of pyridine rings is 1. The second-order valence-electron chi connectivity index (χ2n) is 7.58. The predicted molar refractivity (Wildman–Crippen MR) is 130 cm³/mol. The normalized spacial score (nSPS) is 12.3. The van der Waals surface area contributed by atoms with Gasteiger partial charge in [-0.3, -0.25) is 4.98 Å². The quantitative estimate of drug-likeness (QED) is 0.394. The molecule has 0 spiro atoms. The third-order valence-electron chi connectivity index (χ3n) is 5.45. The lowest BCUT2D eigenvalue weighted by Gasteiger charge is -2.16. The van der Waals surface area contributed by atoms with Crippen LogP contribution in [0.4, 0.5) is 10.5 Å². The van der Waals surface area contributed by atoms with Crippen molar-refractivity contribution in [2.24, 2.45) is 7.05 Å². The van der Waals surface area contributed by atoms with Crippen LogP contribution in [0.5, 0.6) is 0 Å². The summed E-state index contributed by atoms with van der Waals surface area (Å²) in [6, 6.07) is 19.0. The van der Waals surface area contributed by atoms with Gasteiger partial charge in [-0.15, -0.1) is 6.58 Å². The van der Waals surface area contributed by atoms with E-state index in [1.807, 2.05) is 48.0 Å². The van der Waals surface area contributed by atoms with Gasteiger partial charge in [0.2, 0.25) is 0 Å². The van der Waals surface area contributed by atoms with Gasteiger partial charge in [0.05, 0.1) is 4.90 Å². The Hall–Kier alpha value is -3.91. The van der Waals surface area contributed by atoms with E-state index in [1.165, 1.54) is 18.2 Å². The first-order valence-corrected chi connectivity index (χ1v) is 11.9. The van der Waals surface area contributed by atoms with Crippen LogP contribution >= 0.6 is 0 Å². The van der Waals surface area contributed by atoms with Gasteiger partial charge in [0.1, 0.15) is 5.25 Å². The molecule has 8 heteroatoms. The van der Waals surface area contributed by atoms with Gasteiger partial charge in [-0.2, -0.15) is 0 Å². The minimum atomic E-state index is -3.74. The van der Waals surface area contributed by atoms with Crippen molar-refractivity contribution in [2.75, 3.05) is 5.32 Å². The first-order valence-electron chi connectivity index (χ1n) is 10.3. The molecule has 4 rings (SSSR count). The highest BCUT2D eigenvalue weighted by Gasteiger charge is 2.29. The number of benzene rings is 2. The number of aromatic nitrogens is 2. The van der Waals surface area contributed by atoms with Crippen LogP contribution in [0.2, 0.25) is 0 Å². The van der Waals surface area contributed by atoms with Crippen molar-refractivity contribution < 1.29 is 13.2 Å². The molecule has 0 radical (unpaired) electrons. The van der Waals surface area contributed by atoms with Crippen LogP contribution in [-0.4, -0.2) is 24.0 Å². The van der Waals surface area contributed by atoms with Gasteiger partial charge in [0, 0.05) is 42.9 Å². The zero-order valence-corrected chi connectivity index (χ0v) is 18.9. The first kappa shape index (κ1) is 22.3. The van der Waals surface area contributed by atoms with Crippen LogP contribution in [0.1, 0.15) is 16.5 Å². The molecule has 0 fully saturated rings. The molecular formula is C25H24N4O3S. The lowest BCUT2D eigenvalue weighted by molar-refractivity contribution is 0.251. The number of anilines is 1. The highest BCUT2D eigenvalue weighted by Crippen LogP contribution is 2.33. The fourth-order valence-corrected chi connectivity index (χ4v) is 5.33. The number of fused-ring (bicyclic) bond motifs is 1. The summed E-state index contributed by atoms with van der Waals surface area (Å²) in [4.78, 5) is 16.3. The third-order valence-corrected chi connectivity index (χ3v) is 7.48. The molecule has 4 aromatic rings. The summed E-state index contributed by atoms with van der Waals surface area (Å²) >= 11 is 0. The highest BCUT2D eigenvalue weighted by atomic mass is 32.2. The van der Waals surface area contributed by atoms with E-state index in [2.05, 4.69) is 22.2 Å². The Morgan fingerprint density at radius 1 is 1.12 bits per heavy atom. The largest absolute Gasteiger partial charge is 0.346 e. The summed E-state index contributed by atoms with van der Waals surface area (Å²) in [5.41, 5.74) is 2.95. The molecule has 2 heterocycles. The van der Waals surface area contributed by atoms with Crippen LogP contribution in [0.25, 0.3) is 10.9 Å². The van der Waals surface area contributed by atoms with Crippen molar-refractivity contribution >= 4 is 32.5 Å². The third kappa shape index (κ3) is 4.65. The second kappa shape index (κ2) is 9.30.